The Morgan fingerprint density at radius 3 is 2.64 bits per heavy atom. The number of amides is 1. The van der Waals surface area contributed by atoms with E-state index >= 15 is 0 Å². The number of fused-ring (bicyclic) bond motifs is 2. The molecule has 5 heteroatoms. The van der Waals surface area contributed by atoms with Crippen LogP contribution in [0, 0.1) is 0 Å². The summed E-state index contributed by atoms with van der Waals surface area (Å²) in [6, 6.07) is 23.8. The molecule has 1 aliphatic heterocycles. The van der Waals surface area contributed by atoms with Gasteiger partial charge in [-0.15, -0.1) is 11.3 Å². The minimum Gasteiger partial charge on any atom is -0.493 e. The van der Waals surface area contributed by atoms with Crippen LogP contribution in [0.25, 0.3) is 20.8 Å². The Balaban J connectivity index is 1.35. The molecule has 1 atom stereocenters. The monoisotopic (exact) mass is 386 g/mol. The van der Waals surface area contributed by atoms with Crippen molar-refractivity contribution in [3.05, 3.63) is 78.4 Å². The number of anilines is 1. The third kappa shape index (κ3) is 3.14. The SMILES string of the molecule is O=C(Nc1ccc(-c2nc3ccccc3s2)cc1)C1CCOc2ccccc21. The highest BCUT2D eigenvalue weighted by molar-refractivity contribution is 7.21. The Hall–Kier alpha value is -3.18. The summed E-state index contributed by atoms with van der Waals surface area (Å²) in [6.45, 7) is 0.561. The lowest BCUT2D eigenvalue weighted by molar-refractivity contribution is -0.118. The molecule has 4 nitrogen and oxygen atoms in total. The van der Waals surface area contributed by atoms with E-state index in [4.69, 9.17) is 4.74 Å². The third-order valence-electron chi connectivity index (χ3n) is 4.97. The van der Waals surface area contributed by atoms with Crippen LogP contribution in [0.2, 0.25) is 0 Å². The van der Waals surface area contributed by atoms with Crippen molar-refractivity contribution >= 4 is 33.1 Å². The molecular formula is C23H18N2O2S. The van der Waals surface area contributed by atoms with Crippen molar-refractivity contribution in [2.45, 2.75) is 12.3 Å². The zero-order chi connectivity index (χ0) is 18.9. The number of aromatic nitrogens is 1. The van der Waals surface area contributed by atoms with Crippen molar-refractivity contribution in [2.75, 3.05) is 11.9 Å². The summed E-state index contributed by atoms with van der Waals surface area (Å²) in [4.78, 5) is 17.5. The maximum Gasteiger partial charge on any atom is 0.232 e. The summed E-state index contributed by atoms with van der Waals surface area (Å²) in [5, 5.41) is 4.03. The van der Waals surface area contributed by atoms with Crippen molar-refractivity contribution in [3.63, 3.8) is 0 Å². The number of carbonyl (C=O) groups excluding carboxylic acids is 1. The van der Waals surface area contributed by atoms with E-state index < -0.39 is 0 Å². The number of carbonyl (C=O) groups is 1. The molecule has 0 radical (unpaired) electrons. The van der Waals surface area contributed by atoms with Crippen molar-refractivity contribution in [2.24, 2.45) is 0 Å². The molecule has 0 fully saturated rings. The first-order chi connectivity index (χ1) is 13.8. The van der Waals surface area contributed by atoms with Crippen LogP contribution in [-0.2, 0) is 4.79 Å². The number of nitrogens with one attached hydrogen (secondary N) is 1. The number of ether oxygens (including phenoxy) is 1. The van der Waals surface area contributed by atoms with Crippen LogP contribution in [0.4, 0.5) is 5.69 Å². The number of benzene rings is 3. The van der Waals surface area contributed by atoms with Crippen LogP contribution >= 0.6 is 11.3 Å². The van der Waals surface area contributed by atoms with E-state index in [1.807, 2.05) is 66.7 Å². The Bertz CT molecular complexity index is 1120. The van der Waals surface area contributed by atoms with Crippen LogP contribution in [-0.4, -0.2) is 17.5 Å². The van der Waals surface area contributed by atoms with Gasteiger partial charge in [0.1, 0.15) is 10.8 Å². The van der Waals surface area contributed by atoms with Gasteiger partial charge in [-0.2, -0.15) is 0 Å². The standard InChI is InChI=1S/C23H18N2O2S/c26-22(18-13-14-27-20-7-3-1-5-17(18)20)24-16-11-9-15(10-12-16)23-25-19-6-2-4-8-21(19)28-23/h1-12,18H,13-14H2,(H,24,26). The zero-order valence-corrected chi connectivity index (χ0v) is 15.9. The average Bonchev–Trinajstić information content (AvgIpc) is 3.18. The highest BCUT2D eigenvalue weighted by Gasteiger charge is 2.27. The predicted octanol–water partition coefficient (Wildman–Crippen LogP) is 5.47. The van der Waals surface area contributed by atoms with Crippen molar-refractivity contribution in [1.82, 2.24) is 4.98 Å². The molecule has 0 spiro atoms. The second-order valence-corrected chi connectivity index (χ2v) is 7.81. The summed E-state index contributed by atoms with van der Waals surface area (Å²) in [6.07, 6.45) is 0.687. The molecule has 1 aromatic heterocycles. The fraction of sp³-hybridized carbons (Fsp3) is 0.130. The van der Waals surface area contributed by atoms with Gasteiger partial charge in [0.05, 0.1) is 22.7 Å². The molecule has 5 rings (SSSR count). The Kier molecular flexibility index (Phi) is 4.29. The molecule has 0 bridgehead atoms. The topological polar surface area (TPSA) is 51.2 Å². The lowest BCUT2D eigenvalue weighted by Gasteiger charge is -2.25. The van der Waals surface area contributed by atoms with E-state index in [0.717, 1.165) is 33.1 Å². The van der Waals surface area contributed by atoms with Gasteiger partial charge >= 0.3 is 0 Å². The van der Waals surface area contributed by atoms with Gasteiger partial charge in [-0.05, 0) is 48.9 Å². The molecule has 2 heterocycles. The maximum absolute atomic E-state index is 12.8. The molecule has 4 aromatic rings. The van der Waals surface area contributed by atoms with E-state index in [0.29, 0.717) is 13.0 Å². The van der Waals surface area contributed by atoms with Gasteiger partial charge in [-0.3, -0.25) is 4.79 Å². The second-order valence-electron chi connectivity index (χ2n) is 6.78. The van der Waals surface area contributed by atoms with Gasteiger partial charge in [0.2, 0.25) is 5.91 Å². The minimum atomic E-state index is -0.186. The fourth-order valence-electron chi connectivity index (χ4n) is 3.54. The highest BCUT2D eigenvalue weighted by atomic mass is 32.1. The summed E-state index contributed by atoms with van der Waals surface area (Å²) >= 11 is 1.67. The maximum atomic E-state index is 12.8. The molecule has 1 amide bonds. The Morgan fingerprint density at radius 1 is 1.00 bits per heavy atom. The third-order valence-corrected chi connectivity index (χ3v) is 6.05. The first-order valence-corrected chi connectivity index (χ1v) is 10.1. The summed E-state index contributed by atoms with van der Waals surface area (Å²) in [5.41, 5.74) is 3.81. The van der Waals surface area contributed by atoms with Crippen LogP contribution in [0.1, 0.15) is 17.9 Å². The molecule has 3 aromatic carbocycles. The number of nitrogens with zero attached hydrogens (tertiary/aromatic N) is 1. The number of rotatable bonds is 3. The molecular weight excluding hydrogens is 368 g/mol. The number of hydrogen-bond acceptors (Lipinski definition) is 4. The molecule has 1 N–H and O–H groups in total. The molecule has 0 saturated heterocycles. The minimum absolute atomic E-state index is 0.00323. The van der Waals surface area contributed by atoms with Crippen LogP contribution in [0.15, 0.2) is 72.8 Å². The van der Waals surface area contributed by atoms with Gasteiger partial charge in [0.25, 0.3) is 0 Å². The van der Waals surface area contributed by atoms with Crippen LogP contribution in [0.5, 0.6) is 5.75 Å². The van der Waals surface area contributed by atoms with Crippen molar-refractivity contribution in [1.29, 1.82) is 0 Å². The van der Waals surface area contributed by atoms with Crippen molar-refractivity contribution in [3.8, 4) is 16.3 Å². The van der Waals surface area contributed by atoms with Crippen molar-refractivity contribution < 1.29 is 9.53 Å². The normalized spacial score (nSPS) is 15.6. The first-order valence-electron chi connectivity index (χ1n) is 9.26. The van der Waals surface area contributed by atoms with E-state index in [9.17, 15) is 4.79 Å². The summed E-state index contributed by atoms with van der Waals surface area (Å²) in [7, 11) is 0. The number of para-hydroxylation sites is 2. The van der Waals surface area contributed by atoms with E-state index in [1.165, 1.54) is 4.70 Å². The first kappa shape index (κ1) is 17.0. The summed E-state index contributed by atoms with van der Waals surface area (Å²) in [5.74, 6) is 0.623. The molecule has 0 aliphatic carbocycles. The molecule has 1 aliphatic rings. The zero-order valence-electron chi connectivity index (χ0n) is 15.1. The van der Waals surface area contributed by atoms with E-state index in [2.05, 4.69) is 16.4 Å². The van der Waals surface area contributed by atoms with Gasteiger partial charge in [0.15, 0.2) is 0 Å². The largest absolute Gasteiger partial charge is 0.493 e. The van der Waals surface area contributed by atoms with Crippen LogP contribution < -0.4 is 10.1 Å². The fourth-order valence-corrected chi connectivity index (χ4v) is 4.51. The van der Waals surface area contributed by atoms with E-state index in [1.54, 1.807) is 11.3 Å². The van der Waals surface area contributed by atoms with Crippen LogP contribution in [0.3, 0.4) is 0 Å². The molecule has 28 heavy (non-hydrogen) atoms. The Morgan fingerprint density at radius 2 is 1.79 bits per heavy atom. The Labute approximate surface area is 166 Å². The van der Waals surface area contributed by atoms with Gasteiger partial charge in [-0.25, -0.2) is 4.98 Å². The second kappa shape index (κ2) is 7.09. The quantitative estimate of drug-likeness (QED) is 0.508. The molecule has 0 saturated carbocycles. The predicted molar refractivity (Wildman–Crippen MR) is 113 cm³/mol. The highest BCUT2D eigenvalue weighted by Crippen LogP contribution is 2.34. The van der Waals surface area contributed by atoms with Gasteiger partial charge in [0, 0.05) is 16.8 Å². The molecule has 1 unspecified atom stereocenters. The summed E-state index contributed by atoms with van der Waals surface area (Å²) < 4.78 is 6.83. The lowest BCUT2D eigenvalue weighted by Crippen LogP contribution is -2.26. The number of thiazole rings is 1. The molecule has 138 valence electrons. The lowest BCUT2D eigenvalue weighted by atomic mass is 9.92. The average molecular weight is 386 g/mol. The van der Waals surface area contributed by atoms with E-state index in [-0.39, 0.29) is 11.8 Å². The smallest absolute Gasteiger partial charge is 0.232 e. The number of hydrogen-bond donors (Lipinski definition) is 1. The van der Waals surface area contributed by atoms with Gasteiger partial charge in [-0.1, -0.05) is 30.3 Å². The van der Waals surface area contributed by atoms with Gasteiger partial charge < -0.3 is 10.1 Å².